The van der Waals surface area contributed by atoms with Crippen molar-refractivity contribution in [3.8, 4) is 6.07 Å². The SMILES string of the molecule is N#CCCCCNc1c(F)cc(Br)cc1F. The molecule has 0 spiro atoms. The summed E-state index contributed by atoms with van der Waals surface area (Å²) in [5, 5.41) is 11.0. The van der Waals surface area contributed by atoms with Crippen LogP contribution in [0.5, 0.6) is 0 Å². The molecule has 0 saturated carbocycles. The summed E-state index contributed by atoms with van der Waals surface area (Å²) < 4.78 is 27.0. The average molecular weight is 289 g/mol. The Balaban J connectivity index is 2.51. The Morgan fingerprint density at radius 2 is 1.88 bits per heavy atom. The van der Waals surface area contributed by atoms with Crippen LogP contribution in [0.15, 0.2) is 16.6 Å². The van der Waals surface area contributed by atoms with Crippen molar-refractivity contribution < 1.29 is 8.78 Å². The lowest BCUT2D eigenvalue weighted by molar-refractivity contribution is 0.585. The van der Waals surface area contributed by atoms with Gasteiger partial charge in [-0.15, -0.1) is 0 Å². The summed E-state index contributed by atoms with van der Waals surface area (Å²) in [7, 11) is 0. The molecule has 0 bridgehead atoms. The highest BCUT2D eigenvalue weighted by molar-refractivity contribution is 9.10. The van der Waals surface area contributed by atoms with Gasteiger partial charge in [0.05, 0.1) is 6.07 Å². The molecule has 0 fully saturated rings. The van der Waals surface area contributed by atoms with Gasteiger partial charge in [-0.05, 0) is 25.0 Å². The maximum Gasteiger partial charge on any atom is 0.150 e. The quantitative estimate of drug-likeness (QED) is 0.836. The van der Waals surface area contributed by atoms with E-state index in [1.54, 1.807) is 0 Å². The fraction of sp³-hybridized carbons (Fsp3) is 0.364. The van der Waals surface area contributed by atoms with E-state index in [1.807, 2.05) is 6.07 Å². The Bertz CT molecular complexity index is 378. The van der Waals surface area contributed by atoms with E-state index in [2.05, 4.69) is 21.2 Å². The van der Waals surface area contributed by atoms with Crippen LogP contribution in [0.3, 0.4) is 0 Å². The molecule has 1 aromatic rings. The summed E-state index contributed by atoms with van der Waals surface area (Å²) in [5.41, 5.74) is -0.111. The summed E-state index contributed by atoms with van der Waals surface area (Å²) in [6.07, 6.45) is 1.90. The Morgan fingerprint density at radius 3 is 2.44 bits per heavy atom. The fourth-order valence-electron chi connectivity index (χ4n) is 1.25. The zero-order valence-corrected chi connectivity index (χ0v) is 10.2. The van der Waals surface area contributed by atoms with Gasteiger partial charge in [0.15, 0.2) is 0 Å². The molecule has 0 heterocycles. The number of nitrogens with one attached hydrogen (secondary N) is 1. The molecule has 0 unspecified atom stereocenters. The summed E-state index contributed by atoms with van der Waals surface area (Å²) in [6.45, 7) is 0.456. The normalized spacial score (nSPS) is 9.88. The van der Waals surface area contributed by atoms with Crippen LogP contribution in [0.1, 0.15) is 19.3 Å². The van der Waals surface area contributed by atoms with Gasteiger partial charge in [-0.3, -0.25) is 0 Å². The molecule has 0 amide bonds. The van der Waals surface area contributed by atoms with Crippen LogP contribution in [-0.2, 0) is 0 Å². The number of hydrogen-bond acceptors (Lipinski definition) is 2. The van der Waals surface area contributed by atoms with E-state index in [9.17, 15) is 8.78 Å². The Morgan fingerprint density at radius 1 is 1.25 bits per heavy atom. The molecule has 0 aliphatic heterocycles. The third-order valence-corrected chi connectivity index (χ3v) is 2.48. The summed E-state index contributed by atoms with van der Waals surface area (Å²) in [4.78, 5) is 0. The van der Waals surface area contributed by atoms with Crippen molar-refractivity contribution in [3.05, 3.63) is 28.2 Å². The molecule has 0 aliphatic rings. The van der Waals surface area contributed by atoms with Crippen molar-refractivity contribution in [1.82, 2.24) is 0 Å². The molecule has 0 atom stereocenters. The van der Waals surface area contributed by atoms with Crippen LogP contribution in [0.4, 0.5) is 14.5 Å². The van der Waals surface area contributed by atoms with Gasteiger partial charge in [0.2, 0.25) is 0 Å². The van der Waals surface area contributed by atoms with E-state index in [0.29, 0.717) is 23.9 Å². The summed E-state index contributed by atoms with van der Waals surface area (Å²) in [6, 6.07) is 4.43. The first-order valence-electron chi connectivity index (χ1n) is 4.90. The lowest BCUT2D eigenvalue weighted by atomic mass is 10.2. The minimum Gasteiger partial charge on any atom is -0.380 e. The van der Waals surface area contributed by atoms with E-state index in [1.165, 1.54) is 12.1 Å². The van der Waals surface area contributed by atoms with Gasteiger partial charge in [0.1, 0.15) is 17.3 Å². The number of rotatable bonds is 5. The maximum absolute atomic E-state index is 13.3. The van der Waals surface area contributed by atoms with E-state index in [4.69, 9.17) is 5.26 Å². The van der Waals surface area contributed by atoms with Gasteiger partial charge < -0.3 is 5.32 Å². The van der Waals surface area contributed by atoms with E-state index >= 15 is 0 Å². The number of halogens is 3. The zero-order chi connectivity index (χ0) is 12.0. The number of benzene rings is 1. The Labute approximate surface area is 101 Å². The molecule has 1 N–H and O–H groups in total. The first kappa shape index (κ1) is 12.9. The first-order chi connectivity index (χ1) is 7.65. The van der Waals surface area contributed by atoms with Crippen LogP contribution in [0.2, 0.25) is 0 Å². The second kappa shape index (κ2) is 6.44. The van der Waals surface area contributed by atoms with Crippen molar-refractivity contribution >= 4 is 21.6 Å². The predicted molar refractivity (Wildman–Crippen MR) is 62.0 cm³/mol. The molecule has 16 heavy (non-hydrogen) atoms. The van der Waals surface area contributed by atoms with Crippen molar-refractivity contribution in [2.45, 2.75) is 19.3 Å². The Hall–Kier alpha value is -1.15. The van der Waals surface area contributed by atoms with Crippen LogP contribution >= 0.6 is 15.9 Å². The summed E-state index contributed by atoms with van der Waals surface area (Å²) in [5.74, 6) is -1.24. The minimum atomic E-state index is -0.618. The van der Waals surface area contributed by atoms with E-state index < -0.39 is 11.6 Å². The smallest absolute Gasteiger partial charge is 0.150 e. The van der Waals surface area contributed by atoms with Gasteiger partial charge in [0, 0.05) is 17.4 Å². The molecule has 0 saturated heterocycles. The van der Waals surface area contributed by atoms with Gasteiger partial charge >= 0.3 is 0 Å². The monoisotopic (exact) mass is 288 g/mol. The van der Waals surface area contributed by atoms with E-state index in [-0.39, 0.29) is 5.69 Å². The maximum atomic E-state index is 13.3. The molecule has 0 radical (unpaired) electrons. The fourth-order valence-corrected chi connectivity index (χ4v) is 1.66. The highest BCUT2D eigenvalue weighted by atomic mass is 79.9. The molecular weight excluding hydrogens is 278 g/mol. The molecule has 0 aromatic heterocycles. The molecule has 1 aromatic carbocycles. The van der Waals surface area contributed by atoms with Crippen LogP contribution in [-0.4, -0.2) is 6.54 Å². The highest BCUT2D eigenvalue weighted by Crippen LogP contribution is 2.23. The van der Waals surface area contributed by atoms with Crippen molar-refractivity contribution in [2.75, 3.05) is 11.9 Å². The second-order valence-electron chi connectivity index (χ2n) is 3.29. The van der Waals surface area contributed by atoms with Crippen molar-refractivity contribution in [2.24, 2.45) is 0 Å². The standard InChI is InChI=1S/C11H11BrF2N2/c12-8-6-9(13)11(10(14)7-8)16-5-3-1-2-4-15/h6-7,16H,1-3,5H2. The lowest BCUT2D eigenvalue weighted by Gasteiger charge is -2.08. The van der Waals surface area contributed by atoms with Crippen molar-refractivity contribution in [3.63, 3.8) is 0 Å². The van der Waals surface area contributed by atoms with Gasteiger partial charge in [-0.2, -0.15) is 5.26 Å². The zero-order valence-electron chi connectivity index (χ0n) is 8.56. The number of hydrogen-bond donors (Lipinski definition) is 1. The topological polar surface area (TPSA) is 35.8 Å². The molecule has 5 heteroatoms. The predicted octanol–water partition coefficient (Wildman–Crippen LogP) is 3.83. The third kappa shape index (κ3) is 3.78. The molecule has 0 aliphatic carbocycles. The number of anilines is 1. The minimum absolute atomic E-state index is 0.111. The summed E-state index contributed by atoms with van der Waals surface area (Å²) >= 11 is 3.01. The van der Waals surface area contributed by atoms with Gasteiger partial charge in [0.25, 0.3) is 0 Å². The molecule has 2 nitrogen and oxygen atoms in total. The first-order valence-corrected chi connectivity index (χ1v) is 5.70. The van der Waals surface area contributed by atoms with Crippen LogP contribution in [0.25, 0.3) is 0 Å². The largest absolute Gasteiger partial charge is 0.380 e. The van der Waals surface area contributed by atoms with Crippen molar-refractivity contribution in [1.29, 1.82) is 5.26 Å². The Kier molecular flexibility index (Phi) is 5.20. The highest BCUT2D eigenvalue weighted by Gasteiger charge is 2.09. The van der Waals surface area contributed by atoms with Gasteiger partial charge in [-0.1, -0.05) is 15.9 Å². The molecule has 1 rings (SSSR count). The average Bonchev–Trinajstić information content (AvgIpc) is 2.20. The number of nitriles is 1. The lowest BCUT2D eigenvalue weighted by Crippen LogP contribution is -2.05. The molecule has 86 valence electrons. The molecular formula is C11H11BrF2N2. The third-order valence-electron chi connectivity index (χ3n) is 2.02. The van der Waals surface area contributed by atoms with Crippen LogP contribution in [0, 0.1) is 23.0 Å². The second-order valence-corrected chi connectivity index (χ2v) is 4.20. The number of unbranched alkanes of at least 4 members (excludes halogenated alkanes) is 2. The number of nitrogens with zero attached hydrogens (tertiary/aromatic N) is 1. The van der Waals surface area contributed by atoms with E-state index in [0.717, 1.165) is 6.42 Å². The van der Waals surface area contributed by atoms with Gasteiger partial charge in [-0.25, -0.2) is 8.78 Å². The van der Waals surface area contributed by atoms with Crippen LogP contribution < -0.4 is 5.32 Å².